The smallest absolute Gasteiger partial charge is 0.385 e. The van der Waals surface area contributed by atoms with E-state index in [-0.39, 0.29) is 24.2 Å². The number of amides is 3. The maximum absolute atomic E-state index is 13.1. The number of nitrogens with zero attached hydrogens (tertiary/aromatic N) is 3. The number of halogens is 3. The largest absolute Gasteiger partial charge is 0.416 e. The molecule has 2 N–H and O–H groups in total. The summed E-state index contributed by atoms with van der Waals surface area (Å²) in [6.07, 6.45) is -4.02. The lowest BCUT2D eigenvalue weighted by molar-refractivity contribution is -0.137. The molecule has 0 fully saturated rings. The number of methoxy groups -OCH3 is 1. The molecule has 0 aliphatic carbocycles. The normalized spacial score (nSPS) is 11.8. The van der Waals surface area contributed by atoms with E-state index < -0.39 is 23.7 Å². The van der Waals surface area contributed by atoms with E-state index in [1.54, 1.807) is 10.7 Å². The summed E-state index contributed by atoms with van der Waals surface area (Å²) < 4.78 is 45.3. The number of benzene rings is 2. The third kappa shape index (κ3) is 8.31. The molecule has 0 atom stereocenters. The van der Waals surface area contributed by atoms with Gasteiger partial charge < -0.3 is 20.3 Å². The van der Waals surface area contributed by atoms with Crippen molar-refractivity contribution in [3.8, 4) is 5.69 Å². The zero-order chi connectivity index (χ0) is 28.8. The topological polar surface area (TPSA) is 88.5 Å². The Morgan fingerprint density at radius 1 is 1.00 bits per heavy atom. The number of ether oxygens (including phenoxy) is 1. The highest BCUT2D eigenvalue weighted by Gasteiger charge is 2.30. The number of anilines is 2. The van der Waals surface area contributed by atoms with E-state index in [4.69, 9.17) is 9.84 Å². The highest BCUT2D eigenvalue weighted by atomic mass is 19.4. The molecule has 0 saturated carbocycles. The van der Waals surface area contributed by atoms with E-state index in [0.29, 0.717) is 18.8 Å². The van der Waals surface area contributed by atoms with Gasteiger partial charge in [-0.15, -0.1) is 0 Å². The Kier molecular flexibility index (Phi) is 9.39. The van der Waals surface area contributed by atoms with E-state index >= 15 is 0 Å². The number of alkyl halides is 3. The van der Waals surface area contributed by atoms with Gasteiger partial charge in [0.15, 0.2) is 0 Å². The van der Waals surface area contributed by atoms with Crippen LogP contribution in [-0.4, -0.2) is 53.4 Å². The van der Waals surface area contributed by atoms with E-state index in [0.717, 1.165) is 29.1 Å². The van der Waals surface area contributed by atoms with Gasteiger partial charge in [-0.2, -0.15) is 18.3 Å². The molecular weight excluding hydrogens is 511 g/mol. The molecule has 0 saturated heterocycles. The quantitative estimate of drug-likeness (QED) is 0.323. The minimum Gasteiger partial charge on any atom is -0.385 e. The molecule has 2 aromatic carbocycles. The number of hydrogen-bond acceptors (Lipinski definition) is 4. The number of aryl methyl sites for hydroxylation is 1. The van der Waals surface area contributed by atoms with Gasteiger partial charge in [-0.1, -0.05) is 38.5 Å². The van der Waals surface area contributed by atoms with Crippen molar-refractivity contribution in [2.45, 2.75) is 45.7 Å². The van der Waals surface area contributed by atoms with Gasteiger partial charge in [0.25, 0.3) is 0 Å². The average Bonchev–Trinajstić information content (AvgIpc) is 3.28. The fraction of sp³-hybridized carbons (Fsp3) is 0.393. The summed E-state index contributed by atoms with van der Waals surface area (Å²) in [6, 6.07) is 13.0. The molecular formula is C28H34F3N5O3. The molecule has 0 radical (unpaired) electrons. The molecule has 1 aromatic heterocycles. The molecule has 210 valence electrons. The van der Waals surface area contributed by atoms with Crippen molar-refractivity contribution >= 4 is 23.4 Å². The molecule has 39 heavy (non-hydrogen) atoms. The van der Waals surface area contributed by atoms with E-state index in [1.165, 1.54) is 24.1 Å². The number of carbonyl (C=O) groups excluding carboxylic acids is 2. The fourth-order valence-electron chi connectivity index (χ4n) is 3.67. The van der Waals surface area contributed by atoms with E-state index in [9.17, 15) is 22.8 Å². The summed E-state index contributed by atoms with van der Waals surface area (Å²) in [6.45, 7) is 8.29. The van der Waals surface area contributed by atoms with Crippen molar-refractivity contribution in [1.82, 2.24) is 14.7 Å². The van der Waals surface area contributed by atoms with Gasteiger partial charge in [0, 0.05) is 37.4 Å². The average molecular weight is 546 g/mol. The summed E-state index contributed by atoms with van der Waals surface area (Å²) in [4.78, 5) is 27.4. The second-order valence-electron chi connectivity index (χ2n) is 10.2. The van der Waals surface area contributed by atoms with Crippen LogP contribution < -0.4 is 10.6 Å². The first kappa shape index (κ1) is 29.7. The van der Waals surface area contributed by atoms with Crippen LogP contribution in [0.3, 0.4) is 0 Å². The zero-order valence-corrected chi connectivity index (χ0v) is 22.7. The number of hydrogen-bond donors (Lipinski definition) is 2. The fourth-order valence-corrected chi connectivity index (χ4v) is 3.67. The summed E-state index contributed by atoms with van der Waals surface area (Å²) >= 11 is 0. The Labute approximate surface area is 226 Å². The first-order chi connectivity index (χ1) is 18.3. The third-order valence-electron chi connectivity index (χ3n) is 5.89. The van der Waals surface area contributed by atoms with Crippen LogP contribution in [0.5, 0.6) is 0 Å². The lowest BCUT2D eigenvalue weighted by Gasteiger charge is -2.23. The van der Waals surface area contributed by atoms with Gasteiger partial charge >= 0.3 is 12.2 Å². The lowest BCUT2D eigenvalue weighted by Crippen LogP contribution is -2.41. The molecule has 3 rings (SSSR count). The molecule has 3 aromatic rings. The Hall–Kier alpha value is -3.86. The number of nitrogens with one attached hydrogen (secondary N) is 2. The number of rotatable bonds is 9. The van der Waals surface area contributed by atoms with Gasteiger partial charge in [-0.3, -0.25) is 4.79 Å². The monoisotopic (exact) mass is 545 g/mol. The van der Waals surface area contributed by atoms with Crippen LogP contribution in [0, 0.1) is 6.92 Å². The second kappa shape index (κ2) is 12.3. The van der Waals surface area contributed by atoms with Gasteiger partial charge in [0.05, 0.1) is 16.9 Å². The lowest BCUT2D eigenvalue weighted by atomic mass is 9.92. The maximum Gasteiger partial charge on any atom is 0.416 e. The molecule has 3 amide bonds. The van der Waals surface area contributed by atoms with Crippen molar-refractivity contribution in [2.75, 3.05) is 37.4 Å². The SMILES string of the molecule is COCCCN(CC(=O)Nc1cc(C(C)(C)C)nn1-c1ccc(C)cc1)C(=O)Nc1ccc(C(F)(F)F)cc1. The predicted octanol–water partition coefficient (Wildman–Crippen LogP) is 6.01. The summed E-state index contributed by atoms with van der Waals surface area (Å²) in [5.74, 6) is -0.00234. The van der Waals surface area contributed by atoms with Crippen LogP contribution in [0.25, 0.3) is 5.69 Å². The van der Waals surface area contributed by atoms with Crippen LogP contribution in [0.15, 0.2) is 54.6 Å². The van der Waals surface area contributed by atoms with Crippen molar-refractivity contribution in [3.63, 3.8) is 0 Å². The molecule has 1 heterocycles. The Morgan fingerprint density at radius 2 is 1.64 bits per heavy atom. The molecule has 0 bridgehead atoms. The number of urea groups is 1. The van der Waals surface area contributed by atoms with Crippen LogP contribution in [0.1, 0.15) is 44.0 Å². The molecule has 11 heteroatoms. The van der Waals surface area contributed by atoms with Gasteiger partial charge in [-0.25, -0.2) is 9.48 Å². The minimum absolute atomic E-state index is 0.178. The Balaban J connectivity index is 1.78. The number of carbonyl (C=O) groups is 2. The molecule has 8 nitrogen and oxygen atoms in total. The van der Waals surface area contributed by atoms with Crippen LogP contribution in [0.4, 0.5) is 29.5 Å². The summed E-state index contributed by atoms with van der Waals surface area (Å²) in [5.41, 5.74) is 1.70. The summed E-state index contributed by atoms with van der Waals surface area (Å²) in [5, 5.41) is 10.1. The van der Waals surface area contributed by atoms with Crippen LogP contribution in [0.2, 0.25) is 0 Å². The Bertz CT molecular complexity index is 1260. The van der Waals surface area contributed by atoms with Gasteiger partial charge in [0.2, 0.25) is 5.91 Å². The molecule has 0 unspecified atom stereocenters. The third-order valence-corrected chi connectivity index (χ3v) is 5.89. The van der Waals surface area contributed by atoms with Crippen molar-refractivity contribution < 1.29 is 27.5 Å². The van der Waals surface area contributed by atoms with E-state index in [1.807, 2.05) is 52.0 Å². The molecule has 0 aliphatic heterocycles. The minimum atomic E-state index is -4.48. The maximum atomic E-state index is 13.1. The Morgan fingerprint density at radius 3 is 2.21 bits per heavy atom. The summed E-state index contributed by atoms with van der Waals surface area (Å²) in [7, 11) is 1.53. The van der Waals surface area contributed by atoms with Crippen molar-refractivity contribution in [3.05, 3.63) is 71.4 Å². The predicted molar refractivity (Wildman–Crippen MR) is 144 cm³/mol. The van der Waals surface area contributed by atoms with Gasteiger partial charge in [-0.05, 0) is 49.7 Å². The van der Waals surface area contributed by atoms with Crippen molar-refractivity contribution in [1.29, 1.82) is 0 Å². The van der Waals surface area contributed by atoms with E-state index in [2.05, 4.69) is 10.6 Å². The van der Waals surface area contributed by atoms with Gasteiger partial charge in [0.1, 0.15) is 12.4 Å². The highest BCUT2D eigenvalue weighted by Crippen LogP contribution is 2.30. The first-order valence-corrected chi connectivity index (χ1v) is 12.5. The highest BCUT2D eigenvalue weighted by molar-refractivity contribution is 5.96. The van der Waals surface area contributed by atoms with Crippen molar-refractivity contribution in [2.24, 2.45) is 0 Å². The van der Waals surface area contributed by atoms with Crippen LogP contribution in [-0.2, 0) is 21.1 Å². The first-order valence-electron chi connectivity index (χ1n) is 12.5. The van der Waals surface area contributed by atoms with Crippen LogP contribution >= 0.6 is 0 Å². The standard InChI is InChI=1S/C28H34F3N5O3/c1-19-7-13-22(14-8-19)36-24(17-23(34-36)27(2,3)4)33-25(37)18-35(15-6-16-39-5)26(38)32-21-11-9-20(10-12-21)28(29,30)31/h7-14,17H,6,15-16,18H2,1-5H3,(H,32,38)(H,33,37). The zero-order valence-electron chi connectivity index (χ0n) is 22.7. The molecule has 0 aliphatic rings. The second-order valence-corrected chi connectivity index (χ2v) is 10.2. The molecule has 0 spiro atoms. The number of aromatic nitrogens is 2.